The Kier molecular flexibility index (Phi) is 8.68. The number of ether oxygens (including phenoxy) is 3. The van der Waals surface area contributed by atoms with Crippen LogP contribution >= 0.6 is 27.7 Å². The Bertz CT molecular complexity index is 1520. The van der Waals surface area contributed by atoms with Crippen molar-refractivity contribution in [2.45, 2.75) is 11.8 Å². The second-order valence-corrected chi connectivity index (χ2v) is 9.59. The van der Waals surface area contributed by atoms with Crippen LogP contribution in [0.3, 0.4) is 0 Å². The number of benzene rings is 3. The van der Waals surface area contributed by atoms with Crippen LogP contribution < -0.4 is 14.2 Å². The van der Waals surface area contributed by atoms with E-state index in [1.165, 1.54) is 6.08 Å². The van der Waals surface area contributed by atoms with Gasteiger partial charge in [-0.05, 0) is 69.7 Å². The zero-order chi connectivity index (χ0) is 27.1. The van der Waals surface area contributed by atoms with Gasteiger partial charge in [-0.2, -0.15) is 5.26 Å². The van der Waals surface area contributed by atoms with Crippen molar-refractivity contribution >= 4 is 39.7 Å². The molecule has 1 aromatic heterocycles. The predicted molar refractivity (Wildman–Crippen MR) is 146 cm³/mol. The van der Waals surface area contributed by atoms with Gasteiger partial charge in [-0.3, -0.25) is 5.10 Å². The maximum Gasteiger partial charge on any atom is 0.342 e. The molecule has 0 atom stereocenters. The fourth-order valence-electron chi connectivity index (χ4n) is 3.38. The first-order chi connectivity index (χ1) is 18.4. The molecule has 11 heteroatoms. The highest BCUT2D eigenvalue weighted by atomic mass is 79.9. The predicted octanol–water partition coefficient (Wildman–Crippen LogP) is 5.92. The average molecular weight is 593 g/mol. The molecule has 0 amide bonds. The highest BCUT2D eigenvalue weighted by Crippen LogP contribution is 2.32. The number of carboxylic acid groups (broad SMARTS) is 1. The van der Waals surface area contributed by atoms with Crippen LogP contribution in [0.15, 0.2) is 75.2 Å². The van der Waals surface area contributed by atoms with Crippen LogP contribution in [0.1, 0.15) is 16.7 Å². The minimum atomic E-state index is -1.12. The number of carbonyl (C=O) groups is 1. The number of nitrogens with zero attached hydrogens (tertiary/aromatic N) is 3. The molecule has 0 unspecified atom stereocenters. The molecular weight excluding hydrogens is 572 g/mol. The quantitative estimate of drug-likeness (QED) is 0.170. The molecule has 0 bridgehead atoms. The van der Waals surface area contributed by atoms with Gasteiger partial charge in [0, 0.05) is 17.2 Å². The number of hydrogen-bond acceptors (Lipinski definition) is 8. The van der Waals surface area contributed by atoms with Crippen molar-refractivity contribution in [1.82, 2.24) is 15.2 Å². The number of nitriles is 1. The van der Waals surface area contributed by atoms with Crippen molar-refractivity contribution in [2.24, 2.45) is 0 Å². The van der Waals surface area contributed by atoms with Crippen LogP contribution in [0, 0.1) is 11.3 Å². The minimum absolute atomic E-state index is 0.0299. The second kappa shape index (κ2) is 12.3. The van der Waals surface area contributed by atoms with Gasteiger partial charge in [-0.25, -0.2) is 9.78 Å². The van der Waals surface area contributed by atoms with Crippen LogP contribution in [0.2, 0.25) is 0 Å². The lowest BCUT2D eigenvalue weighted by Gasteiger charge is -2.10. The van der Waals surface area contributed by atoms with E-state index in [0.29, 0.717) is 44.2 Å². The van der Waals surface area contributed by atoms with E-state index in [-0.39, 0.29) is 16.7 Å². The molecule has 1 heterocycles. The van der Waals surface area contributed by atoms with E-state index < -0.39 is 5.97 Å². The smallest absolute Gasteiger partial charge is 0.342 e. The third-order valence-electron chi connectivity index (χ3n) is 5.28. The van der Waals surface area contributed by atoms with Gasteiger partial charge in [0.05, 0.1) is 30.3 Å². The molecule has 0 fully saturated rings. The van der Waals surface area contributed by atoms with Gasteiger partial charge in [0.25, 0.3) is 0 Å². The molecule has 0 aliphatic heterocycles. The topological polar surface area (TPSA) is 130 Å². The maximum atomic E-state index is 12.0. The normalized spacial score (nSPS) is 11.1. The Hall–Kier alpha value is -4.27. The third-order valence-corrected chi connectivity index (χ3v) is 6.77. The maximum absolute atomic E-state index is 12.0. The molecule has 3 aromatic carbocycles. The van der Waals surface area contributed by atoms with Gasteiger partial charge in [0.15, 0.2) is 5.82 Å². The zero-order valence-corrected chi connectivity index (χ0v) is 22.7. The van der Waals surface area contributed by atoms with Gasteiger partial charge in [-0.1, -0.05) is 24.3 Å². The Morgan fingerprint density at radius 2 is 1.87 bits per heavy atom. The van der Waals surface area contributed by atoms with E-state index in [1.807, 2.05) is 12.1 Å². The highest BCUT2D eigenvalue weighted by molar-refractivity contribution is 9.10. The summed E-state index contributed by atoms with van der Waals surface area (Å²) >= 11 is 4.40. The summed E-state index contributed by atoms with van der Waals surface area (Å²) in [6.07, 6.45) is 1.52. The number of rotatable bonds is 10. The van der Waals surface area contributed by atoms with Crippen molar-refractivity contribution < 1.29 is 24.1 Å². The third kappa shape index (κ3) is 6.53. The van der Waals surface area contributed by atoms with E-state index in [9.17, 15) is 15.2 Å². The Labute approximate surface area is 231 Å². The van der Waals surface area contributed by atoms with Crippen LogP contribution in [-0.4, -0.2) is 40.5 Å². The number of aliphatic carboxylic acids is 1. The molecule has 0 aliphatic carbocycles. The van der Waals surface area contributed by atoms with Crippen LogP contribution in [-0.2, 0) is 11.4 Å². The summed E-state index contributed by atoms with van der Waals surface area (Å²) in [6, 6.07) is 19.9. The summed E-state index contributed by atoms with van der Waals surface area (Å²) in [6.45, 7) is 0.222. The first-order valence-electron chi connectivity index (χ1n) is 11.1. The van der Waals surface area contributed by atoms with E-state index in [4.69, 9.17) is 14.2 Å². The van der Waals surface area contributed by atoms with Crippen molar-refractivity contribution in [3.8, 4) is 34.7 Å². The van der Waals surface area contributed by atoms with E-state index >= 15 is 0 Å². The minimum Gasteiger partial charge on any atom is -0.497 e. The van der Waals surface area contributed by atoms with Crippen molar-refractivity contribution in [3.63, 3.8) is 0 Å². The molecule has 192 valence electrons. The first-order valence-corrected chi connectivity index (χ1v) is 12.7. The van der Waals surface area contributed by atoms with Crippen molar-refractivity contribution in [3.05, 3.63) is 86.7 Å². The number of halogens is 1. The molecule has 2 N–H and O–H groups in total. The summed E-state index contributed by atoms with van der Waals surface area (Å²) in [5, 5.41) is 26.3. The first kappa shape index (κ1) is 26.8. The molecule has 0 saturated carbocycles. The van der Waals surface area contributed by atoms with Crippen molar-refractivity contribution in [1.29, 1.82) is 5.26 Å². The number of aromatic amines is 1. The lowest BCUT2D eigenvalue weighted by atomic mass is 10.1. The average Bonchev–Trinajstić information content (AvgIpc) is 3.40. The molecule has 9 nitrogen and oxygen atoms in total. The van der Waals surface area contributed by atoms with Crippen LogP contribution in [0.25, 0.3) is 17.5 Å². The van der Waals surface area contributed by atoms with Gasteiger partial charge >= 0.3 is 5.97 Å². The number of H-pyrrole nitrogens is 1. The number of hydrogen-bond donors (Lipinski definition) is 2. The summed E-state index contributed by atoms with van der Waals surface area (Å²) in [5.74, 6) is 1.06. The Balaban J connectivity index is 1.50. The lowest BCUT2D eigenvalue weighted by molar-refractivity contribution is -0.131. The van der Waals surface area contributed by atoms with Gasteiger partial charge in [-0.15, -0.1) is 5.10 Å². The Morgan fingerprint density at radius 3 is 2.53 bits per heavy atom. The SMILES string of the molecule is COc1cc(OC)cc(-c2nc(S/C(=C\c3ccc(OCc4ccccc4C#N)c(Br)c3)C(=O)O)n[nH]2)c1. The van der Waals surface area contributed by atoms with E-state index in [2.05, 4.69) is 37.2 Å². The molecule has 0 spiro atoms. The van der Waals surface area contributed by atoms with Gasteiger partial charge in [0.1, 0.15) is 28.8 Å². The van der Waals surface area contributed by atoms with Crippen LogP contribution in [0.5, 0.6) is 17.2 Å². The lowest BCUT2D eigenvalue weighted by Crippen LogP contribution is -1.99. The highest BCUT2D eigenvalue weighted by Gasteiger charge is 2.16. The standard InChI is InChI=1S/C27H21BrN4O5S/c1-35-20-11-19(12-21(13-20)36-2)25-30-27(32-31-25)38-24(26(33)34)10-16-7-8-23(22(28)9-16)37-15-18-6-4-3-5-17(18)14-29/h3-13H,15H2,1-2H3,(H,33,34)(H,30,31,32)/b24-10-. The molecule has 4 aromatic rings. The molecule has 0 radical (unpaired) electrons. The molecule has 0 saturated heterocycles. The largest absolute Gasteiger partial charge is 0.497 e. The van der Waals surface area contributed by atoms with Crippen LogP contribution in [0.4, 0.5) is 0 Å². The molecular formula is C27H21BrN4O5S. The number of nitrogens with one attached hydrogen (secondary N) is 1. The Morgan fingerprint density at radius 1 is 1.13 bits per heavy atom. The monoisotopic (exact) mass is 592 g/mol. The number of carboxylic acids is 1. The number of thioether (sulfide) groups is 1. The molecule has 0 aliphatic rings. The van der Waals surface area contributed by atoms with Crippen molar-refractivity contribution in [2.75, 3.05) is 14.2 Å². The number of aromatic nitrogens is 3. The fraction of sp³-hybridized carbons (Fsp3) is 0.111. The number of methoxy groups -OCH3 is 2. The molecule has 4 rings (SSSR count). The summed E-state index contributed by atoms with van der Waals surface area (Å²) in [5.41, 5.74) is 2.64. The second-order valence-electron chi connectivity index (χ2n) is 7.73. The summed E-state index contributed by atoms with van der Waals surface area (Å²) in [7, 11) is 3.10. The van der Waals surface area contributed by atoms with Gasteiger partial charge < -0.3 is 19.3 Å². The van der Waals surface area contributed by atoms with E-state index in [1.54, 1.807) is 62.8 Å². The van der Waals surface area contributed by atoms with E-state index in [0.717, 1.165) is 17.3 Å². The van der Waals surface area contributed by atoms with Gasteiger partial charge in [0.2, 0.25) is 5.16 Å². The molecule has 38 heavy (non-hydrogen) atoms. The zero-order valence-electron chi connectivity index (χ0n) is 20.3. The summed E-state index contributed by atoms with van der Waals surface area (Å²) in [4.78, 5) is 16.4. The fourth-order valence-corrected chi connectivity index (χ4v) is 4.60. The summed E-state index contributed by atoms with van der Waals surface area (Å²) < 4.78 is 17.1.